The third kappa shape index (κ3) is 8.65. The Hall–Kier alpha value is -1.84. The minimum Gasteiger partial charge on any atom is -0.487 e. The number of hydrogen-bond acceptors (Lipinski definition) is 4. The highest BCUT2D eigenvalue weighted by Gasteiger charge is 2.35. The van der Waals surface area contributed by atoms with Crippen LogP contribution in [-0.2, 0) is 11.2 Å². The van der Waals surface area contributed by atoms with Crippen LogP contribution in [0.2, 0.25) is 0 Å². The summed E-state index contributed by atoms with van der Waals surface area (Å²) in [5.41, 5.74) is 2.89. The van der Waals surface area contributed by atoms with Crippen molar-refractivity contribution >= 4 is 12.3 Å². The second-order valence-electron chi connectivity index (χ2n) is 11.9. The van der Waals surface area contributed by atoms with Crippen LogP contribution in [0.25, 0.3) is 0 Å². The summed E-state index contributed by atoms with van der Waals surface area (Å²) in [6, 6.07) is 0. The number of hydrogen-bond donors (Lipinski definition) is 0. The van der Waals surface area contributed by atoms with Crippen LogP contribution in [0.1, 0.15) is 133 Å². The van der Waals surface area contributed by atoms with Gasteiger partial charge in [-0.2, -0.15) is 0 Å². The van der Waals surface area contributed by atoms with Crippen molar-refractivity contribution in [3.05, 3.63) is 22.3 Å². The van der Waals surface area contributed by atoms with Crippen LogP contribution >= 0.6 is 0 Å². The maximum Gasteiger partial charge on any atom is 0.308 e. The zero-order valence-corrected chi connectivity index (χ0v) is 23.7. The molecule has 0 amide bonds. The Morgan fingerprint density at radius 3 is 2.09 bits per heavy atom. The van der Waals surface area contributed by atoms with Gasteiger partial charge in [0, 0.05) is 12.5 Å². The summed E-state index contributed by atoms with van der Waals surface area (Å²) < 4.78 is 12.0. The SMILES string of the molecule is CC(=O)Oc1c(C)c(C)c2c(c1C=O)CCC(C)(CCC[C@H](C)CCC[C@H](C)CCCC(C)C)O2. The van der Waals surface area contributed by atoms with Gasteiger partial charge in [0.1, 0.15) is 17.1 Å². The van der Waals surface area contributed by atoms with Gasteiger partial charge in [-0.05, 0) is 75.3 Å². The van der Waals surface area contributed by atoms with E-state index >= 15 is 0 Å². The van der Waals surface area contributed by atoms with E-state index in [0.29, 0.717) is 11.3 Å². The van der Waals surface area contributed by atoms with Crippen molar-refractivity contribution in [1.29, 1.82) is 0 Å². The largest absolute Gasteiger partial charge is 0.487 e. The van der Waals surface area contributed by atoms with Crippen LogP contribution in [-0.4, -0.2) is 17.9 Å². The Morgan fingerprint density at radius 2 is 1.54 bits per heavy atom. The molecule has 0 bridgehead atoms. The first-order chi connectivity index (χ1) is 16.5. The molecule has 198 valence electrons. The average molecular weight is 487 g/mol. The molecule has 3 atom stereocenters. The molecule has 0 spiro atoms. The quantitative estimate of drug-likeness (QED) is 0.150. The monoisotopic (exact) mass is 486 g/mol. The van der Waals surface area contributed by atoms with Gasteiger partial charge in [0.25, 0.3) is 0 Å². The first-order valence-corrected chi connectivity index (χ1v) is 14.0. The lowest BCUT2D eigenvalue weighted by atomic mass is 9.83. The highest BCUT2D eigenvalue weighted by atomic mass is 16.5. The van der Waals surface area contributed by atoms with Gasteiger partial charge in [-0.15, -0.1) is 0 Å². The first kappa shape index (κ1) is 29.4. The van der Waals surface area contributed by atoms with E-state index in [-0.39, 0.29) is 5.60 Å². The lowest BCUT2D eigenvalue weighted by molar-refractivity contribution is -0.131. The van der Waals surface area contributed by atoms with Crippen LogP contribution < -0.4 is 9.47 Å². The summed E-state index contributed by atoms with van der Waals surface area (Å²) in [5, 5.41) is 0. The summed E-state index contributed by atoms with van der Waals surface area (Å²) >= 11 is 0. The van der Waals surface area contributed by atoms with E-state index in [1.807, 2.05) is 13.8 Å². The van der Waals surface area contributed by atoms with Crippen LogP contribution in [0.5, 0.6) is 11.5 Å². The molecule has 1 aromatic carbocycles. The Balaban J connectivity index is 1.87. The molecule has 1 heterocycles. The van der Waals surface area contributed by atoms with Crippen molar-refractivity contribution in [2.75, 3.05) is 0 Å². The van der Waals surface area contributed by atoms with Crippen molar-refractivity contribution in [2.45, 2.75) is 132 Å². The summed E-state index contributed by atoms with van der Waals surface area (Å²) in [6.07, 6.45) is 13.9. The summed E-state index contributed by atoms with van der Waals surface area (Å²) in [7, 11) is 0. The molecular formula is C31H50O4. The van der Waals surface area contributed by atoms with Gasteiger partial charge < -0.3 is 9.47 Å². The molecule has 1 aliphatic heterocycles. The van der Waals surface area contributed by atoms with E-state index in [1.54, 1.807) is 0 Å². The predicted molar refractivity (Wildman–Crippen MR) is 145 cm³/mol. The first-order valence-electron chi connectivity index (χ1n) is 14.0. The molecule has 1 unspecified atom stereocenters. The molecule has 1 aliphatic rings. The number of aldehydes is 1. The Bertz CT molecular complexity index is 856. The zero-order valence-electron chi connectivity index (χ0n) is 23.7. The van der Waals surface area contributed by atoms with E-state index in [9.17, 15) is 9.59 Å². The molecule has 4 nitrogen and oxygen atoms in total. The highest BCUT2D eigenvalue weighted by molar-refractivity contribution is 5.87. The fourth-order valence-electron chi connectivity index (χ4n) is 5.48. The molecule has 0 saturated carbocycles. The second-order valence-corrected chi connectivity index (χ2v) is 11.9. The lowest BCUT2D eigenvalue weighted by Crippen LogP contribution is -2.37. The summed E-state index contributed by atoms with van der Waals surface area (Å²) in [4.78, 5) is 23.5. The molecule has 0 fully saturated rings. The fourth-order valence-corrected chi connectivity index (χ4v) is 5.48. The Labute approximate surface area is 214 Å². The topological polar surface area (TPSA) is 52.6 Å². The van der Waals surface area contributed by atoms with Crippen molar-refractivity contribution in [3.8, 4) is 11.5 Å². The van der Waals surface area contributed by atoms with E-state index in [1.165, 1.54) is 51.9 Å². The smallest absolute Gasteiger partial charge is 0.308 e. The maximum absolute atomic E-state index is 11.9. The predicted octanol–water partition coefficient (Wildman–Crippen LogP) is 8.56. The molecule has 1 aromatic rings. The molecule has 0 aliphatic carbocycles. The normalized spacial score (nSPS) is 19.1. The fraction of sp³-hybridized carbons (Fsp3) is 0.742. The molecule has 0 N–H and O–H groups in total. The Kier molecular flexibility index (Phi) is 11.3. The minimum atomic E-state index is -0.410. The van der Waals surface area contributed by atoms with Crippen molar-refractivity contribution in [3.63, 3.8) is 0 Å². The molecular weight excluding hydrogens is 436 g/mol. The maximum atomic E-state index is 11.9. The highest BCUT2D eigenvalue weighted by Crippen LogP contribution is 2.44. The molecule has 0 saturated heterocycles. The second kappa shape index (κ2) is 13.5. The van der Waals surface area contributed by atoms with Crippen LogP contribution in [0.3, 0.4) is 0 Å². The summed E-state index contributed by atoms with van der Waals surface area (Å²) in [5.74, 6) is 3.21. The van der Waals surface area contributed by atoms with E-state index < -0.39 is 5.97 Å². The van der Waals surface area contributed by atoms with E-state index in [0.717, 1.165) is 72.2 Å². The average Bonchev–Trinajstić information content (AvgIpc) is 2.77. The van der Waals surface area contributed by atoms with Gasteiger partial charge in [0.2, 0.25) is 0 Å². The van der Waals surface area contributed by atoms with Crippen molar-refractivity contribution < 1.29 is 19.1 Å². The van der Waals surface area contributed by atoms with Crippen molar-refractivity contribution in [1.82, 2.24) is 0 Å². The van der Waals surface area contributed by atoms with Crippen molar-refractivity contribution in [2.24, 2.45) is 17.8 Å². The number of rotatable bonds is 14. The third-order valence-electron chi connectivity index (χ3n) is 7.98. The number of esters is 1. The molecule has 2 rings (SSSR count). The number of benzene rings is 1. The Morgan fingerprint density at radius 1 is 0.971 bits per heavy atom. The molecule has 0 radical (unpaired) electrons. The lowest BCUT2D eigenvalue weighted by Gasteiger charge is -2.38. The third-order valence-corrected chi connectivity index (χ3v) is 7.98. The van der Waals surface area contributed by atoms with Crippen LogP contribution in [0, 0.1) is 31.6 Å². The number of fused-ring (bicyclic) bond motifs is 1. The van der Waals surface area contributed by atoms with Gasteiger partial charge in [-0.3, -0.25) is 9.59 Å². The number of carbonyl (C=O) groups is 2. The van der Waals surface area contributed by atoms with Gasteiger partial charge in [0.15, 0.2) is 6.29 Å². The molecule has 0 aromatic heterocycles. The summed E-state index contributed by atoms with van der Waals surface area (Å²) in [6.45, 7) is 16.9. The van der Waals surface area contributed by atoms with E-state index in [4.69, 9.17) is 9.47 Å². The van der Waals surface area contributed by atoms with E-state index in [2.05, 4.69) is 34.6 Å². The van der Waals surface area contributed by atoms with Gasteiger partial charge in [-0.1, -0.05) is 72.6 Å². The number of ether oxygens (including phenoxy) is 2. The van der Waals surface area contributed by atoms with Gasteiger partial charge >= 0.3 is 5.97 Å². The zero-order chi connectivity index (χ0) is 26.2. The van der Waals surface area contributed by atoms with Gasteiger partial charge in [0.05, 0.1) is 5.56 Å². The van der Waals surface area contributed by atoms with Crippen LogP contribution in [0.15, 0.2) is 0 Å². The number of carbonyl (C=O) groups excluding carboxylic acids is 2. The molecule has 35 heavy (non-hydrogen) atoms. The standard InChI is InChI=1S/C31H50O4/c1-21(2)12-9-13-22(3)14-10-15-23(4)16-11-18-31(8)19-17-27-28(20-32)29(34-26(7)33)24(5)25(6)30(27)35-31/h20-23H,9-19H2,1-8H3/t22-,23-,31?/m1/s1. The van der Waals surface area contributed by atoms with Crippen LogP contribution in [0.4, 0.5) is 0 Å². The minimum absolute atomic E-state index is 0.224. The molecule has 4 heteroatoms. The van der Waals surface area contributed by atoms with Gasteiger partial charge in [-0.25, -0.2) is 0 Å².